The minimum atomic E-state index is -0.0758. The van der Waals surface area contributed by atoms with Gasteiger partial charge in [0.25, 0.3) is 0 Å². The van der Waals surface area contributed by atoms with Gasteiger partial charge in [-0.1, -0.05) is 38.2 Å². The smallest absolute Gasteiger partial charge is 0.193 e. The number of allylic oxidation sites excluding steroid dienone is 4. The third-order valence-corrected chi connectivity index (χ3v) is 2.29. The fourth-order valence-electron chi connectivity index (χ4n) is 1.23. The van der Waals surface area contributed by atoms with E-state index in [4.69, 9.17) is 0 Å². The van der Waals surface area contributed by atoms with Crippen LogP contribution >= 0.6 is 12.6 Å². The topological polar surface area (TPSA) is 17.1 Å². The number of hydrogen-bond acceptors (Lipinski definition) is 1. The molecule has 1 aliphatic rings. The second-order valence-corrected chi connectivity index (χ2v) is 3.82. The summed E-state index contributed by atoms with van der Waals surface area (Å²) in [6.07, 6.45) is 7.79. The van der Waals surface area contributed by atoms with E-state index < -0.39 is 0 Å². The van der Waals surface area contributed by atoms with E-state index in [2.05, 4.69) is 12.6 Å². The zero-order valence-corrected chi connectivity index (χ0v) is 7.64. The Balaban J connectivity index is 2.89. The Labute approximate surface area is 72.6 Å². The normalized spacial score (nSPS) is 27.0. The Bertz CT molecular complexity index is 226. The molecule has 0 saturated heterocycles. The highest BCUT2D eigenvalue weighted by atomic mass is 32.1. The molecule has 0 aromatic carbocycles. The number of rotatable bonds is 1. The van der Waals surface area contributed by atoms with Crippen LogP contribution in [0.5, 0.6) is 0 Å². The van der Waals surface area contributed by atoms with E-state index >= 15 is 0 Å². The molecule has 0 aliphatic heterocycles. The number of carbonyl (C=O) groups excluding carboxylic acids is 1. The average Bonchev–Trinajstić information content (AvgIpc) is 1.85. The minimum absolute atomic E-state index is 0.0596. The molecule has 0 saturated carbocycles. The first-order valence-corrected chi connectivity index (χ1v) is 4.07. The van der Waals surface area contributed by atoms with Gasteiger partial charge in [-0.2, -0.15) is 0 Å². The van der Waals surface area contributed by atoms with E-state index in [0.29, 0.717) is 0 Å². The van der Waals surface area contributed by atoms with Gasteiger partial charge in [0.15, 0.2) is 5.12 Å². The van der Waals surface area contributed by atoms with Crippen LogP contribution in [0.4, 0.5) is 0 Å². The maximum atomic E-state index is 11.0. The van der Waals surface area contributed by atoms with E-state index in [-0.39, 0.29) is 16.4 Å². The second kappa shape index (κ2) is 2.86. The summed E-state index contributed by atoms with van der Waals surface area (Å²) in [7, 11) is 0. The summed E-state index contributed by atoms with van der Waals surface area (Å²) < 4.78 is 0. The molecule has 1 atom stereocenters. The van der Waals surface area contributed by atoms with Crippen LogP contribution in [0, 0.1) is 11.3 Å². The zero-order valence-electron chi connectivity index (χ0n) is 6.74. The standard InChI is InChI=1S/C9H12OS/c1-9(2)6-4-3-5-7(9)8(10)11/h3-7H,1-2H3,(H,10,11). The van der Waals surface area contributed by atoms with Crippen LogP contribution in [0.1, 0.15) is 13.8 Å². The summed E-state index contributed by atoms with van der Waals surface area (Å²) in [5, 5.41) is -0.0596. The third-order valence-electron chi connectivity index (χ3n) is 2.01. The van der Waals surface area contributed by atoms with Gasteiger partial charge in [0.2, 0.25) is 0 Å². The van der Waals surface area contributed by atoms with E-state index in [0.717, 1.165) is 0 Å². The van der Waals surface area contributed by atoms with Crippen molar-refractivity contribution in [3.8, 4) is 0 Å². The summed E-state index contributed by atoms with van der Waals surface area (Å²) in [5.41, 5.74) is -0.0758. The maximum Gasteiger partial charge on any atom is 0.193 e. The Morgan fingerprint density at radius 3 is 2.45 bits per heavy atom. The molecule has 1 rings (SSSR count). The molecule has 0 fully saturated rings. The first-order chi connectivity index (χ1) is 5.04. The highest BCUT2D eigenvalue weighted by Crippen LogP contribution is 2.33. The highest BCUT2D eigenvalue weighted by Gasteiger charge is 2.30. The molecular weight excluding hydrogens is 156 g/mol. The van der Waals surface area contributed by atoms with Crippen molar-refractivity contribution in [2.75, 3.05) is 0 Å². The largest absolute Gasteiger partial charge is 0.287 e. The number of hydrogen-bond donors (Lipinski definition) is 1. The van der Waals surface area contributed by atoms with Gasteiger partial charge in [0.1, 0.15) is 0 Å². The number of carbonyl (C=O) groups is 1. The molecule has 60 valence electrons. The quantitative estimate of drug-likeness (QED) is 0.594. The monoisotopic (exact) mass is 168 g/mol. The molecule has 0 bridgehead atoms. The average molecular weight is 168 g/mol. The molecule has 1 nitrogen and oxygen atoms in total. The van der Waals surface area contributed by atoms with Crippen molar-refractivity contribution < 1.29 is 4.79 Å². The Kier molecular flexibility index (Phi) is 2.23. The van der Waals surface area contributed by atoms with Gasteiger partial charge in [-0.25, -0.2) is 0 Å². The van der Waals surface area contributed by atoms with Gasteiger partial charge in [0, 0.05) is 0 Å². The highest BCUT2D eigenvalue weighted by molar-refractivity contribution is 7.96. The molecule has 0 aromatic rings. The van der Waals surface area contributed by atoms with Gasteiger partial charge >= 0.3 is 0 Å². The van der Waals surface area contributed by atoms with Crippen LogP contribution in [0.3, 0.4) is 0 Å². The van der Waals surface area contributed by atoms with Crippen LogP contribution in [0.15, 0.2) is 24.3 Å². The van der Waals surface area contributed by atoms with Crippen molar-refractivity contribution in [1.82, 2.24) is 0 Å². The molecule has 1 aliphatic carbocycles. The Morgan fingerprint density at radius 1 is 1.45 bits per heavy atom. The molecule has 0 radical (unpaired) electrons. The Hall–Kier alpha value is -0.500. The van der Waals surface area contributed by atoms with Gasteiger partial charge in [-0.05, 0) is 5.41 Å². The van der Waals surface area contributed by atoms with Crippen LogP contribution in [-0.2, 0) is 4.79 Å². The van der Waals surface area contributed by atoms with E-state index in [1.807, 2.05) is 38.2 Å². The van der Waals surface area contributed by atoms with Crippen molar-refractivity contribution in [2.24, 2.45) is 11.3 Å². The van der Waals surface area contributed by atoms with Gasteiger partial charge in [0.05, 0.1) is 5.92 Å². The molecule has 0 spiro atoms. The van der Waals surface area contributed by atoms with Crippen molar-refractivity contribution in [1.29, 1.82) is 0 Å². The van der Waals surface area contributed by atoms with Crippen molar-refractivity contribution in [2.45, 2.75) is 13.8 Å². The molecule has 0 amide bonds. The maximum absolute atomic E-state index is 11.0. The first kappa shape index (κ1) is 8.60. The van der Waals surface area contributed by atoms with Gasteiger partial charge < -0.3 is 0 Å². The van der Waals surface area contributed by atoms with E-state index in [1.165, 1.54) is 0 Å². The summed E-state index contributed by atoms with van der Waals surface area (Å²) in [5.74, 6) is -0.0733. The van der Waals surface area contributed by atoms with Crippen LogP contribution in [0.2, 0.25) is 0 Å². The van der Waals surface area contributed by atoms with Crippen LogP contribution in [0.25, 0.3) is 0 Å². The van der Waals surface area contributed by atoms with Crippen LogP contribution in [-0.4, -0.2) is 5.12 Å². The second-order valence-electron chi connectivity index (χ2n) is 3.38. The fourth-order valence-corrected chi connectivity index (χ4v) is 1.65. The lowest BCUT2D eigenvalue weighted by Gasteiger charge is -2.28. The zero-order chi connectivity index (χ0) is 8.48. The first-order valence-electron chi connectivity index (χ1n) is 3.63. The molecule has 0 aromatic heterocycles. The predicted molar refractivity (Wildman–Crippen MR) is 49.5 cm³/mol. The predicted octanol–water partition coefficient (Wildman–Crippen LogP) is 2.21. The lowest BCUT2D eigenvalue weighted by atomic mass is 9.77. The van der Waals surface area contributed by atoms with Crippen molar-refractivity contribution >= 4 is 17.7 Å². The SMILES string of the molecule is CC1(C)C=CC=CC1C(=O)S. The fraction of sp³-hybridized carbons (Fsp3) is 0.444. The van der Waals surface area contributed by atoms with Crippen LogP contribution < -0.4 is 0 Å². The Morgan fingerprint density at radius 2 is 2.09 bits per heavy atom. The lowest BCUT2D eigenvalue weighted by Crippen LogP contribution is -2.26. The molecule has 1 unspecified atom stereocenters. The van der Waals surface area contributed by atoms with E-state index in [1.54, 1.807) is 0 Å². The summed E-state index contributed by atoms with van der Waals surface area (Å²) in [6, 6.07) is 0. The van der Waals surface area contributed by atoms with Gasteiger partial charge in [-0.15, -0.1) is 12.6 Å². The van der Waals surface area contributed by atoms with Crippen molar-refractivity contribution in [3.05, 3.63) is 24.3 Å². The number of thiol groups is 1. The summed E-state index contributed by atoms with van der Waals surface area (Å²) >= 11 is 3.83. The van der Waals surface area contributed by atoms with Crippen molar-refractivity contribution in [3.63, 3.8) is 0 Å². The molecule has 2 heteroatoms. The molecule has 11 heavy (non-hydrogen) atoms. The lowest BCUT2D eigenvalue weighted by molar-refractivity contribution is -0.114. The molecule has 0 N–H and O–H groups in total. The third kappa shape index (κ3) is 1.74. The van der Waals surface area contributed by atoms with E-state index in [9.17, 15) is 4.79 Å². The molecular formula is C9H12OS. The minimum Gasteiger partial charge on any atom is -0.287 e. The summed E-state index contributed by atoms with van der Waals surface area (Å²) in [6.45, 7) is 4.07. The molecule has 0 heterocycles. The summed E-state index contributed by atoms with van der Waals surface area (Å²) in [4.78, 5) is 11.0. The van der Waals surface area contributed by atoms with Gasteiger partial charge in [-0.3, -0.25) is 4.79 Å².